The minimum Gasteiger partial charge on any atom is -0.298 e. The SMILES string of the molecule is O=Cc1cc(C(F)(F)F)nc2c(C(F)(F)F)cccc12. The Morgan fingerprint density at radius 3 is 2.15 bits per heavy atom. The molecule has 8 heteroatoms. The zero-order valence-electron chi connectivity index (χ0n) is 9.51. The molecule has 0 saturated carbocycles. The molecule has 1 heterocycles. The van der Waals surface area contributed by atoms with Gasteiger partial charge in [-0.05, 0) is 12.1 Å². The number of pyridine rings is 1. The molecule has 2 rings (SSSR count). The highest BCUT2D eigenvalue weighted by atomic mass is 19.4. The number of halogens is 6. The summed E-state index contributed by atoms with van der Waals surface area (Å²) in [6.07, 6.45) is -9.74. The van der Waals surface area contributed by atoms with Crippen molar-refractivity contribution in [3.8, 4) is 0 Å². The zero-order chi connectivity index (χ0) is 15.1. The zero-order valence-corrected chi connectivity index (χ0v) is 9.51. The van der Waals surface area contributed by atoms with Crippen molar-refractivity contribution in [3.05, 3.63) is 41.1 Å². The number of aromatic nitrogens is 1. The number of nitrogens with zero attached hydrogens (tertiary/aromatic N) is 1. The van der Waals surface area contributed by atoms with Crippen LogP contribution in [0.5, 0.6) is 0 Å². The quantitative estimate of drug-likeness (QED) is 0.585. The highest BCUT2D eigenvalue weighted by molar-refractivity contribution is 5.97. The molecule has 0 amide bonds. The van der Waals surface area contributed by atoms with E-state index >= 15 is 0 Å². The van der Waals surface area contributed by atoms with E-state index in [2.05, 4.69) is 4.98 Å². The van der Waals surface area contributed by atoms with E-state index in [1.165, 1.54) is 0 Å². The molecular weight excluding hydrogens is 288 g/mol. The molecule has 0 atom stereocenters. The van der Waals surface area contributed by atoms with E-state index in [1.54, 1.807) is 0 Å². The summed E-state index contributed by atoms with van der Waals surface area (Å²) in [5.41, 5.74) is -4.24. The van der Waals surface area contributed by atoms with Gasteiger partial charge in [-0.3, -0.25) is 4.79 Å². The van der Waals surface area contributed by atoms with Gasteiger partial charge in [-0.2, -0.15) is 26.3 Å². The molecule has 20 heavy (non-hydrogen) atoms. The van der Waals surface area contributed by atoms with Crippen LogP contribution >= 0.6 is 0 Å². The Balaban J connectivity index is 2.90. The Labute approximate surface area is 108 Å². The second-order valence-corrected chi connectivity index (χ2v) is 3.91. The van der Waals surface area contributed by atoms with E-state index in [1.807, 2.05) is 0 Å². The minimum atomic E-state index is -4.94. The number of carbonyl (C=O) groups is 1. The maximum Gasteiger partial charge on any atom is 0.433 e. The maximum atomic E-state index is 12.8. The van der Waals surface area contributed by atoms with Crippen molar-refractivity contribution in [1.82, 2.24) is 4.98 Å². The van der Waals surface area contributed by atoms with Crippen molar-refractivity contribution in [2.75, 3.05) is 0 Å². The van der Waals surface area contributed by atoms with Gasteiger partial charge in [-0.25, -0.2) is 4.98 Å². The summed E-state index contributed by atoms with van der Waals surface area (Å²) in [5.74, 6) is 0. The van der Waals surface area contributed by atoms with Gasteiger partial charge in [-0.15, -0.1) is 0 Å². The lowest BCUT2D eigenvalue weighted by Crippen LogP contribution is -2.12. The topological polar surface area (TPSA) is 30.0 Å². The van der Waals surface area contributed by atoms with E-state index in [9.17, 15) is 31.1 Å². The highest BCUT2D eigenvalue weighted by Gasteiger charge is 2.37. The van der Waals surface area contributed by atoms with Gasteiger partial charge in [0.15, 0.2) is 6.29 Å². The normalized spacial score (nSPS) is 12.7. The van der Waals surface area contributed by atoms with Crippen molar-refractivity contribution in [2.24, 2.45) is 0 Å². The van der Waals surface area contributed by atoms with Crippen molar-refractivity contribution >= 4 is 17.2 Å². The summed E-state index contributed by atoms with van der Waals surface area (Å²) in [6.45, 7) is 0. The van der Waals surface area contributed by atoms with Crippen LogP contribution in [-0.4, -0.2) is 11.3 Å². The smallest absolute Gasteiger partial charge is 0.298 e. The molecule has 0 spiro atoms. The van der Waals surface area contributed by atoms with Gasteiger partial charge in [0, 0.05) is 10.9 Å². The number of benzene rings is 1. The second-order valence-electron chi connectivity index (χ2n) is 3.91. The van der Waals surface area contributed by atoms with Crippen LogP contribution in [0, 0.1) is 0 Å². The molecular formula is C12H5F6NO. The van der Waals surface area contributed by atoms with E-state index in [4.69, 9.17) is 0 Å². The van der Waals surface area contributed by atoms with Crippen LogP contribution in [0.1, 0.15) is 21.6 Å². The molecule has 2 nitrogen and oxygen atoms in total. The van der Waals surface area contributed by atoms with Gasteiger partial charge in [0.25, 0.3) is 0 Å². The first-order valence-corrected chi connectivity index (χ1v) is 5.18. The average Bonchev–Trinajstić information content (AvgIpc) is 2.34. The molecule has 0 saturated heterocycles. The largest absolute Gasteiger partial charge is 0.433 e. The average molecular weight is 293 g/mol. The maximum absolute atomic E-state index is 12.8. The third-order valence-electron chi connectivity index (χ3n) is 2.59. The van der Waals surface area contributed by atoms with Crippen molar-refractivity contribution in [3.63, 3.8) is 0 Å². The summed E-state index contributed by atoms with van der Waals surface area (Å²) in [4.78, 5) is 13.8. The Hall–Kier alpha value is -2.12. The van der Waals surface area contributed by atoms with Gasteiger partial charge < -0.3 is 0 Å². The number of hydrogen-bond donors (Lipinski definition) is 0. The fourth-order valence-electron chi connectivity index (χ4n) is 1.75. The molecule has 106 valence electrons. The fraction of sp³-hybridized carbons (Fsp3) is 0.167. The molecule has 0 aliphatic rings. The van der Waals surface area contributed by atoms with E-state index in [-0.39, 0.29) is 11.7 Å². The Morgan fingerprint density at radius 1 is 1.00 bits per heavy atom. The summed E-state index contributed by atoms with van der Waals surface area (Å²) < 4.78 is 76.1. The van der Waals surface area contributed by atoms with E-state index < -0.39 is 34.7 Å². The van der Waals surface area contributed by atoms with Gasteiger partial charge in [-0.1, -0.05) is 12.1 Å². The molecule has 0 fully saturated rings. The van der Waals surface area contributed by atoms with Crippen molar-refractivity contribution in [1.29, 1.82) is 0 Å². The van der Waals surface area contributed by atoms with Gasteiger partial charge in [0.2, 0.25) is 0 Å². The van der Waals surface area contributed by atoms with Crippen molar-refractivity contribution < 1.29 is 31.1 Å². The van der Waals surface area contributed by atoms with Crippen LogP contribution in [0.15, 0.2) is 24.3 Å². The van der Waals surface area contributed by atoms with E-state index in [0.717, 1.165) is 12.1 Å². The molecule has 0 aliphatic heterocycles. The molecule has 0 radical (unpaired) electrons. The molecule has 1 aromatic carbocycles. The standard InChI is InChI=1S/C12H5F6NO/c13-11(14,15)8-3-1-2-7-6(5-20)4-9(12(16,17)18)19-10(7)8/h1-5H. The first kappa shape index (κ1) is 14.3. The number of rotatable bonds is 1. The first-order valence-electron chi connectivity index (χ1n) is 5.18. The lowest BCUT2D eigenvalue weighted by atomic mass is 10.0. The van der Waals surface area contributed by atoms with Crippen LogP contribution < -0.4 is 0 Å². The first-order chi connectivity index (χ1) is 9.14. The van der Waals surface area contributed by atoms with Gasteiger partial charge in [0.1, 0.15) is 5.69 Å². The number of aldehydes is 1. The van der Waals surface area contributed by atoms with Crippen LogP contribution in [0.3, 0.4) is 0 Å². The molecule has 0 bridgehead atoms. The third kappa shape index (κ3) is 2.45. The van der Waals surface area contributed by atoms with Gasteiger partial charge in [0.05, 0.1) is 11.1 Å². The van der Waals surface area contributed by atoms with Crippen LogP contribution in [-0.2, 0) is 12.4 Å². The minimum absolute atomic E-state index is 0.0689. The number of carbonyl (C=O) groups excluding carboxylic acids is 1. The number of alkyl halides is 6. The molecule has 2 aromatic rings. The molecule has 0 N–H and O–H groups in total. The predicted octanol–water partition coefficient (Wildman–Crippen LogP) is 4.08. The molecule has 0 aliphatic carbocycles. The van der Waals surface area contributed by atoms with Crippen LogP contribution in [0.25, 0.3) is 10.9 Å². The Kier molecular flexibility index (Phi) is 3.19. The predicted molar refractivity (Wildman–Crippen MR) is 57.1 cm³/mol. The summed E-state index contributed by atoms with van der Waals surface area (Å²) in [5, 5.41) is -0.275. The monoisotopic (exact) mass is 293 g/mol. The molecule has 1 aromatic heterocycles. The number of hydrogen-bond acceptors (Lipinski definition) is 2. The summed E-state index contributed by atoms with van der Waals surface area (Å²) in [6, 6.07) is 3.16. The lowest BCUT2D eigenvalue weighted by molar-refractivity contribution is -0.142. The summed E-state index contributed by atoms with van der Waals surface area (Å²) >= 11 is 0. The van der Waals surface area contributed by atoms with Crippen LogP contribution in [0.4, 0.5) is 26.3 Å². The lowest BCUT2D eigenvalue weighted by Gasteiger charge is -2.13. The highest BCUT2D eigenvalue weighted by Crippen LogP contribution is 2.37. The second kappa shape index (κ2) is 4.46. The Morgan fingerprint density at radius 2 is 1.65 bits per heavy atom. The fourth-order valence-corrected chi connectivity index (χ4v) is 1.75. The Bertz CT molecular complexity index is 674. The molecule has 0 unspecified atom stereocenters. The summed E-state index contributed by atoms with van der Waals surface area (Å²) in [7, 11) is 0. The van der Waals surface area contributed by atoms with E-state index in [0.29, 0.717) is 12.1 Å². The van der Waals surface area contributed by atoms with Crippen LogP contribution in [0.2, 0.25) is 0 Å². The number of fused-ring (bicyclic) bond motifs is 1. The number of para-hydroxylation sites is 1. The van der Waals surface area contributed by atoms with Crippen molar-refractivity contribution in [2.45, 2.75) is 12.4 Å². The van der Waals surface area contributed by atoms with Gasteiger partial charge >= 0.3 is 12.4 Å². The third-order valence-corrected chi connectivity index (χ3v) is 2.59.